The summed E-state index contributed by atoms with van der Waals surface area (Å²) in [6, 6.07) is 15.6. The molecule has 0 aliphatic heterocycles. The Hall–Kier alpha value is -2.57. The highest BCUT2D eigenvalue weighted by Crippen LogP contribution is 2.29. The first-order chi connectivity index (χ1) is 13.1. The average molecular weight is 444 g/mol. The zero-order valence-corrected chi connectivity index (χ0v) is 16.6. The fraction of sp³-hybridized carbons (Fsp3) is 0.100. The lowest BCUT2D eigenvalue weighted by atomic mass is 10.1. The smallest absolute Gasteiger partial charge is 0.269 e. The Labute approximate surface area is 169 Å². The molecule has 2 heterocycles. The number of benzene rings is 2. The number of carbonyl (C=O) groups is 1. The molecule has 0 saturated carbocycles. The topological polar surface area (TPSA) is 62.7 Å². The van der Waals surface area contributed by atoms with Crippen molar-refractivity contribution in [1.82, 2.24) is 20.1 Å². The molecule has 0 saturated heterocycles. The van der Waals surface area contributed by atoms with E-state index in [1.807, 2.05) is 59.4 Å². The van der Waals surface area contributed by atoms with E-state index in [-0.39, 0.29) is 5.91 Å². The van der Waals surface area contributed by atoms with Gasteiger partial charge in [-0.05, 0) is 35.4 Å². The largest absolute Gasteiger partial charge is 0.349 e. The van der Waals surface area contributed by atoms with E-state index in [2.05, 4.69) is 31.3 Å². The number of halogens is 2. The highest BCUT2D eigenvalue weighted by molar-refractivity contribution is 9.10. The van der Waals surface area contributed by atoms with Crippen molar-refractivity contribution in [2.75, 3.05) is 0 Å². The lowest BCUT2D eigenvalue weighted by Crippen LogP contribution is -2.24. The van der Waals surface area contributed by atoms with Crippen molar-refractivity contribution in [3.05, 3.63) is 87.2 Å². The van der Waals surface area contributed by atoms with Crippen LogP contribution in [0.2, 0.25) is 5.02 Å². The Balaban J connectivity index is 1.52. The van der Waals surface area contributed by atoms with E-state index in [4.69, 9.17) is 11.6 Å². The van der Waals surface area contributed by atoms with Crippen molar-refractivity contribution in [3.8, 4) is 0 Å². The van der Waals surface area contributed by atoms with Crippen LogP contribution < -0.4 is 5.32 Å². The fourth-order valence-corrected chi connectivity index (χ4v) is 3.65. The van der Waals surface area contributed by atoms with Crippen LogP contribution in [0.15, 0.2) is 65.4 Å². The van der Waals surface area contributed by atoms with Gasteiger partial charge in [0.1, 0.15) is 5.69 Å². The molecule has 7 heteroatoms. The van der Waals surface area contributed by atoms with Gasteiger partial charge in [-0.1, -0.05) is 51.8 Å². The van der Waals surface area contributed by atoms with Gasteiger partial charge in [-0.3, -0.25) is 9.48 Å². The number of amides is 1. The number of hydrogen-bond donors (Lipinski definition) is 2. The molecule has 1 amide bonds. The summed E-state index contributed by atoms with van der Waals surface area (Å²) in [6.07, 6.45) is 3.67. The van der Waals surface area contributed by atoms with Crippen LogP contribution in [-0.4, -0.2) is 20.7 Å². The Morgan fingerprint density at radius 3 is 2.78 bits per heavy atom. The monoisotopic (exact) mass is 442 g/mol. The molecule has 27 heavy (non-hydrogen) atoms. The summed E-state index contributed by atoms with van der Waals surface area (Å²) in [5.74, 6) is -0.235. The predicted molar refractivity (Wildman–Crippen MR) is 110 cm³/mol. The third-order valence-corrected chi connectivity index (χ3v) is 5.26. The molecular weight excluding hydrogens is 428 g/mol. The van der Waals surface area contributed by atoms with Gasteiger partial charge in [-0.15, -0.1) is 0 Å². The van der Waals surface area contributed by atoms with Crippen LogP contribution in [-0.2, 0) is 13.1 Å². The number of nitrogens with zero attached hydrogens (tertiary/aromatic N) is 2. The first-order valence-corrected chi connectivity index (χ1v) is 9.58. The van der Waals surface area contributed by atoms with Crippen molar-refractivity contribution in [1.29, 1.82) is 0 Å². The summed E-state index contributed by atoms with van der Waals surface area (Å²) in [5.41, 5.74) is 3.34. The molecule has 0 unspecified atom stereocenters. The number of aromatic nitrogens is 3. The van der Waals surface area contributed by atoms with Gasteiger partial charge in [0.25, 0.3) is 5.91 Å². The Morgan fingerprint density at radius 2 is 2.00 bits per heavy atom. The molecule has 2 aromatic heterocycles. The standard InChI is InChI=1S/C20H16BrClN4O/c21-15-6-7-17-16(10-15)18(22)19(25-17)20(27)23-11-13-4-1-2-5-14(13)12-26-9-3-8-24-26/h1-10,25H,11-12H2,(H,23,27). The number of fused-ring (bicyclic) bond motifs is 1. The number of hydrogen-bond acceptors (Lipinski definition) is 2. The molecule has 0 spiro atoms. The maximum atomic E-state index is 12.7. The van der Waals surface area contributed by atoms with E-state index >= 15 is 0 Å². The zero-order chi connectivity index (χ0) is 18.8. The van der Waals surface area contributed by atoms with Crippen molar-refractivity contribution in [3.63, 3.8) is 0 Å². The SMILES string of the molecule is O=C(NCc1ccccc1Cn1cccn1)c1[nH]c2ccc(Br)cc2c1Cl. The maximum absolute atomic E-state index is 12.7. The third-order valence-electron chi connectivity index (χ3n) is 4.37. The molecule has 2 N–H and O–H groups in total. The second-order valence-electron chi connectivity index (χ2n) is 6.16. The summed E-state index contributed by atoms with van der Waals surface area (Å²) < 4.78 is 2.77. The van der Waals surface area contributed by atoms with Crippen LogP contribution in [0.3, 0.4) is 0 Å². The molecular formula is C20H16BrClN4O. The predicted octanol–water partition coefficient (Wildman–Crippen LogP) is 4.76. The highest BCUT2D eigenvalue weighted by atomic mass is 79.9. The van der Waals surface area contributed by atoms with Crippen LogP contribution in [0.1, 0.15) is 21.6 Å². The van der Waals surface area contributed by atoms with Crippen LogP contribution in [0.25, 0.3) is 10.9 Å². The molecule has 0 radical (unpaired) electrons. The molecule has 4 aromatic rings. The highest BCUT2D eigenvalue weighted by Gasteiger charge is 2.17. The molecule has 0 aliphatic carbocycles. The summed E-state index contributed by atoms with van der Waals surface area (Å²) in [7, 11) is 0. The van der Waals surface area contributed by atoms with Crippen LogP contribution >= 0.6 is 27.5 Å². The molecule has 0 atom stereocenters. The minimum Gasteiger partial charge on any atom is -0.349 e. The lowest BCUT2D eigenvalue weighted by molar-refractivity contribution is 0.0947. The van der Waals surface area contributed by atoms with Gasteiger partial charge in [0.2, 0.25) is 0 Å². The molecule has 5 nitrogen and oxygen atoms in total. The third kappa shape index (κ3) is 3.77. The van der Waals surface area contributed by atoms with Gasteiger partial charge < -0.3 is 10.3 Å². The number of aromatic amines is 1. The summed E-state index contributed by atoms with van der Waals surface area (Å²) in [4.78, 5) is 15.8. The fourth-order valence-electron chi connectivity index (χ4n) is 3.00. The molecule has 0 bridgehead atoms. The van der Waals surface area contributed by atoms with E-state index < -0.39 is 0 Å². The number of rotatable bonds is 5. The van der Waals surface area contributed by atoms with Gasteiger partial charge >= 0.3 is 0 Å². The lowest BCUT2D eigenvalue weighted by Gasteiger charge is -2.11. The first-order valence-electron chi connectivity index (χ1n) is 8.41. The van der Waals surface area contributed by atoms with Gasteiger partial charge in [-0.25, -0.2) is 0 Å². The van der Waals surface area contributed by atoms with Gasteiger partial charge in [-0.2, -0.15) is 5.10 Å². The van der Waals surface area contributed by atoms with Crippen LogP contribution in [0.5, 0.6) is 0 Å². The molecule has 136 valence electrons. The Kier molecular flexibility index (Phi) is 5.01. The molecule has 0 aliphatic rings. The van der Waals surface area contributed by atoms with E-state index in [1.54, 1.807) is 6.20 Å². The molecule has 4 rings (SSSR count). The normalized spacial score (nSPS) is 11.0. The van der Waals surface area contributed by atoms with Gasteiger partial charge in [0.15, 0.2) is 0 Å². The zero-order valence-electron chi connectivity index (χ0n) is 14.2. The van der Waals surface area contributed by atoms with Crippen molar-refractivity contribution < 1.29 is 4.79 Å². The quantitative estimate of drug-likeness (QED) is 0.467. The first kappa shape index (κ1) is 17.8. The second-order valence-corrected chi connectivity index (χ2v) is 7.45. The van der Waals surface area contributed by atoms with E-state index in [0.717, 1.165) is 26.5 Å². The number of H-pyrrole nitrogens is 1. The average Bonchev–Trinajstić information content (AvgIpc) is 3.29. The van der Waals surface area contributed by atoms with Gasteiger partial charge in [0, 0.05) is 34.3 Å². The Morgan fingerprint density at radius 1 is 1.19 bits per heavy atom. The summed E-state index contributed by atoms with van der Waals surface area (Å²) in [5, 5.41) is 8.44. The Bertz CT molecular complexity index is 1100. The van der Waals surface area contributed by atoms with E-state index in [1.165, 1.54) is 0 Å². The second kappa shape index (κ2) is 7.58. The molecule has 0 fully saturated rings. The summed E-state index contributed by atoms with van der Waals surface area (Å²) in [6.45, 7) is 1.06. The van der Waals surface area contributed by atoms with Crippen molar-refractivity contribution in [2.45, 2.75) is 13.1 Å². The van der Waals surface area contributed by atoms with E-state index in [0.29, 0.717) is 23.8 Å². The van der Waals surface area contributed by atoms with Crippen molar-refractivity contribution >= 4 is 44.3 Å². The van der Waals surface area contributed by atoms with Crippen molar-refractivity contribution in [2.24, 2.45) is 0 Å². The number of carbonyl (C=O) groups excluding carboxylic acids is 1. The van der Waals surface area contributed by atoms with Gasteiger partial charge in [0.05, 0.1) is 11.6 Å². The summed E-state index contributed by atoms with van der Waals surface area (Å²) >= 11 is 9.83. The van der Waals surface area contributed by atoms with Crippen LogP contribution in [0.4, 0.5) is 0 Å². The minimum atomic E-state index is -0.235. The maximum Gasteiger partial charge on any atom is 0.269 e. The number of nitrogens with one attached hydrogen (secondary N) is 2. The minimum absolute atomic E-state index is 0.235. The van der Waals surface area contributed by atoms with E-state index in [9.17, 15) is 4.79 Å². The van der Waals surface area contributed by atoms with Crippen LogP contribution in [0, 0.1) is 0 Å². The molecule has 2 aromatic carbocycles.